The number of hydrogen-bond acceptors (Lipinski definition) is 10. The van der Waals surface area contributed by atoms with Crippen molar-refractivity contribution >= 4 is 44.9 Å². The van der Waals surface area contributed by atoms with Crippen molar-refractivity contribution in [2.75, 3.05) is 56.6 Å². The number of nitrogens with zero attached hydrogens (tertiary/aromatic N) is 3. The zero-order chi connectivity index (χ0) is 34.4. The van der Waals surface area contributed by atoms with E-state index in [1.807, 2.05) is 4.90 Å². The average Bonchev–Trinajstić information content (AvgIpc) is 3.87. The molecule has 48 heavy (non-hydrogen) atoms. The third kappa shape index (κ3) is 9.38. The van der Waals surface area contributed by atoms with Crippen molar-refractivity contribution in [2.45, 2.75) is 32.0 Å². The molecule has 16 heteroatoms. The molecule has 1 saturated heterocycles. The van der Waals surface area contributed by atoms with Gasteiger partial charge in [0.1, 0.15) is 11.7 Å². The lowest BCUT2D eigenvalue weighted by molar-refractivity contribution is -0.0515. The molecule has 1 aliphatic heterocycles. The van der Waals surface area contributed by atoms with Gasteiger partial charge in [-0.05, 0) is 54.2 Å². The molecule has 5 rings (SSSR count). The third-order valence-corrected chi connectivity index (χ3v) is 9.78. The summed E-state index contributed by atoms with van der Waals surface area (Å²) in [6, 6.07) is 8.30. The minimum atomic E-state index is -3.88. The van der Waals surface area contributed by atoms with E-state index in [2.05, 4.69) is 9.72 Å². The van der Waals surface area contributed by atoms with Gasteiger partial charge in [-0.3, -0.25) is 14.2 Å². The van der Waals surface area contributed by atoms with Crippen molar-refractivity contribution in [3.63, 3.8) is 0 Å². The van der Waals surface area contributed by atoms with E-state index in [1.54, 1.807) is 0 Å². The third-order valence-electron chi connectivity index (χ3n) is 7.94. The summed E-state index contributed by atoms with van der Waals surface area (Å²) in [6.07, 6.45) is 4.47. The highest BCUT2D eigenvalue weighted by Crippen LogP contribution is 2.39. The number of aromatic nitrogens is 1. The van der Waals surface area contributed by atoms with Gasteiger partial charge in [-0.2, -0.15) is 8.78 Å². The monoisotopic (exact) mass is 729 g/mol. The molecule has 0 bridgehead atoms. The van der Waals surface area contributed by atoms with E-state index in [0.717, 1.165) is 23.4 Å². The topological polar surface area (TPSA) is 128 Å². The zero-order valence-corrected chi connectivity index (χ0v) is 28.3. The zero-order valence-electron chi connectivity index (χ0n) is 26.0. The predicted octanol–water partition coefficient (Wildman–Crippen LogP) is 5.72. The van der Waals surface area contributed by atoms with Crippen LogP contribution in [0.4, 0.5) is 14.5 Å². The van der Waals surface area contributed by atoms with Crippen LogP contribution in [0, 0.1) is 5.92 Å². The van der Waals surface area contributed by atoms with Gasteiger partial charge in [0.15, 0.2) is 17.2 Å². The Morgan fingerprint density at radius 2 is 1.83 bits per heavy atom. The van der Waals surface area contributed by atoms with Gasteiger partial charge >= 0.3 is 12.6 Å². The Kier molecular flexibility index (Phi) is 11.8. The molecule has 0 spiro atoms. The molecule has 2 aromatic carbocycles. The molecule has 2 fully saturated rings. The van der Waals surface area contributed by atoms with Crippen LogP contribution >= 0.6 is 23.2 Å². The lowest BCUT2D eigenvalue weighted by atomic mass is 10.0. The van der Waals surface area contributed by atoms with E-state index < -0.39 is 34.5 Å². The number of alkyl halides is 2. The number of aromatic hydroxyl groups is 1. The van der Waals surface area contributed by atoms with Gasteiger partial charge in [0.05, 0.1) is 41.8 Å². The molecule has 1 aromatic heterocycles. The number of carbonyl (C=O) groups excluding carboxylic acids is 1. The van der Waals surface area contributed by atoms with Crippen molar-refractivity contribution < 1.29 is 46.0 Å². The van der Waals surface area contributed by atoms with Gasteiger partial charge in [-0.1, -0.05) is 35.3 Å². The quantitative estimate of drug-likeness (QED) is 0.194. The SMILES string of the molecule is CS(=O)(=O)N(CCN1CCOCC1)c1cccc(C(=O)O[C@@H](Cc2c(Cl)cncc2Cl)c2ccc(OC(F)F)c(OCC3CC3)c2)c1O. The minimum Gasteiger partial charge on any atom is -0.505 e. The number of phenols is 1. The van der Waals surface area contributed by atoms with Crippen LogP contribution in [-0.4, -0.2) is 88.2 Å². The Morgan fingerprint density at radius 3 is 2.48 bits per heavy atom. The number of sulfonamides is 1. The number of morpholine rings is 1. The second kappa shape index (κ2) is 15.9. The minimum absolute atomic E-state index is 0.0171. The number of benzene rings is 2. The Hall–Kier alpha value is -3.43. The maximum Gasteiger partial charge on any atom is 0.387 e. The molecule has 1 atom stereocenters. The van der Waals surface area contributed by atoms with Crippen LogP contribution < -0.4 is 13.8 Å². The maximum atomic E-state index is 13.8. The number of ether oxygens (including phenoxy) is 4. The number of carbonyl (C=O) groups is 1. The first kappa shape index (κ1) is 35.9. The molecule has 0 amide bonds. The first-order valence-electron chi connectivity index (χ1n) is 15.2. The van der Waals surface area contributed by atoms with Gasteiger partial charge in [-0.15, -0.1) is 0 Å². The van der Waals surface area contributed by atoms with Crippen molar-refractivity contribution in [1.82, 2.24) is 9.88 Å². The summed E-state index contributed by atoms with van der Waals surface area (Å²) < 4.78 is 74.9. The molecule has 2 heterocycles. The van der Waals surface area contributed by atoms with E-state index in [-0.39, 0.29) is 45.8 Å². The maximum absolute atomic E-state index is 13.8. The molecular weight excluding hydrogens is 695 g/mol. The Balaban J connectivity index is 1.46. The fourth-order valence-electron chi connectivity index (χ4n) is 5.18. The van der Waals surface area contributed by atoms with E-state index in [9.17, 15) is 27.1 Å². The number of hydrogen-bond donors (Lipinski definition) is 1. The summed E-state index contributed by atoms with van der Waals surface area (Å²) in [5.41, 5.74) is 0.330. The molecular formula is C32H35Cl2F2N3O8S. The number of halogens is 4. The van der Waals surface area contributed by atoms with E-state index >= 15 is 0 Å². The first-order valence-corrected chi connectivity index (χ1v) is 17.8. The number of para-hydroxylation sites is 1. The molecule has 2 aliphatic rings. The Morgan fingerprint density at radius 1 is 1.12 bits per heavy atom. The number of phenolic OH excluding ortho intramolecular Hbond substituents is 1. The van der Waals surface area contributed by atoms with Crippen LogP contribution in [0.2, 0.25) is 10.0 Å². The highest BCUT2D eigenvalue weighted by molar-refractivity contribution is 7.92. The molecule has 260 valence electrons. The van der Waals surface area contributed by atoms with Gasteiger partial charge in [-0.25, -0.2) is 13.2 Å². The van der Waals surface area contributed by atoms with Crippen molar-refractivity contribution in [2.24, 2.45) is 5.92 Å². The predicted molar refractivity (Wildman–Crippen MR) is 175 cm³/mol. The highest BCUT2D eigenvalue weighted by atomic mass is 35.5. The van der Waals surface area contributed by atoms with Crippen LogP contribution in [0.3, 0.4) is 0 Å². The van der Waals surface area contributed by atoms with Gasteiger partial charge in [0.25, 0.3) is 0 Å². The number of rotatable bonds is 15. The van der Waals surface area contributed by atoms with Crippen molar-refractivity contribution in [3.8, 4) is 17.2 Å². The van der Waals surface area contributed by atoms with Crippen molar-refractivity contribution in [1.29, 1.82) is 0 Å². The average molecular weight is 731 g/mol. The number of pyridine rings is 1. The standard InChI is InChI=1S/C32H35Cl2F2N3O8S/c1-48(42,43)39(10-9-38-11-13-44-14-12-38)26-4-2-3-22(30(26)40)31(41)46-28(16-23-24(33)17-37-18-25(23)34)21-7-8-27(47-32(35)36)29(15-21)45-19-20-5-6-20/h2-4,7-8,15,17-18,20,28,32,40H,5-6,9-14,16,19H2,1H3/t28-/m0/s1. The Labute approximate surface area is 287 Å². The lowest BCUT2D eigenvalue weighted by Gasteiger charge is -2.30. The molecule has 1 saturated carbocycles. The Bertz CT molecular complexity index is 1690. The fourth-order valence-corrected chi connectivity index (χ4v) is 6.62. The van der Waals surface area contributed by atoms with Gasteiger partial charge in [0.2, 0.25) is 10.0 Å². The van der Waals surface area contributed by atoms with Crippen LogP contribution in [-0.2, 0) is 25.9 Å². The molecule has 11 nitrogen and oxygen atoms in total. The summed E-state index contributed by atoms with van der Waals surface area (Å²) >= 11 is 12.8. The summed E-state index contributed by atoms with van der Waals surface area (Å²) in [5, 5.41) is 11.7. The van der Waals surface area contributed by atoms with Gasteiger partial charge < -0.3 is 24.1 Å². The summed E-state index contributed by atoms with van der Waals surface area (Å²) in [4.78, 5) is 19.8. The second-order valence-corrected chi connectivity index (χ2v) is 14.2. The summed E-state index contributed by atoms with van der Waals surface area (Å²) in [7, 11) is -3.88. The van der Waals surface area contributed by atoms with Gasteiger partial charge in [0, 0.05) is 45.0 Å². The first-order chi connectivity index (χ1) is 22.9. The number of anilines is 1. The van der Waals surface area contributed by atoms with E-state index in [4.69, 9.17) is 37.4 Å². The molecule has 0 unspecified atom stereocenters. The fraction of sp³-hybridized carbons (Fsp3) is 0.438. The van der Waals surface area contributed by atoms with Crippen LogP contribution in [0.15, 0.2) is 48.8 Å². The second-order valence-electron chi connectivity index (χ2n) is 11.5. The van der Waals surface area contributed by atoms with Crippen LogP contribution in [0.5, 0.6) is 17.2 Å². The van der Waals surface area contributed by atoms with Crippen LogP contribution in [0.1, 0.15) is 40.4 Å². The van der Waals surface area contributed by atoms with E-state index in [1.165, 1.54) is 48.8 Å². The molecule has 0 radical (unpaired) electrons. The lowest BCUT2D eigenvalue weighted by Crippen LogP contribution is -2.43. The molecule has 1 N–H and O–H groups in total. The smallest absolute Gasteiger partial charge is 0.387 e. The summed E-state index contributed by atoms with van der Waals surface area (Å²) in [6.45, 7) is -0.107. The van der Waals surface area contributed by atoms with Crippen molar-refractivity contribution in [3.05, 3.63) is 75.5 Å². The normalized spacial score (nSPS) is 16.0. The number of esters is 1. The van der Waals surface area contributed by atoms with E-state index in [0.29, 0.717) is 56.5 Å². The molecule has 1 aliphatic carbocycles. The largest absolute Gasteiger partial charge is 0.505 e. The molecule has 3 aromatic rings. The highest BCUT2D eigenvalue weighted by Gasteiger charge is 2.29. The van der Waals surface area contributed by atoms with Crippen LogP contribution in [0.25, 0.3) is 0 Å². The summed E-state index contributed by atoms with van der Waals surface area (Å²) in [5.74, 6) is -1.45.